The minimum absolute atomic E-state index is 0.113. The molecule has 0 spiro atoms. The molecule has 5 nitrogen and oxygen atoms in total. The second-order valence-electron chi connectivity index (χ2n) is 6.30. The quantitative estimate of drug-likeness (QED) is 0.477. The van der Waals surface area contributed by atoms with Gasteiger partial charge in [0.15, 0.2) is 5.16 Å². The molecular formula is C20H17ClN4OS. The lowest BCUT2D eigenvalue weighted by Gasteiger charge is -2.14. The zero-order valence-corrected chi connectivity index (χ0v) is 16.5. The molecule has 0 aliphatic carbocycles. The highest BCUT2D eigenvalue weighted by atomic mass is 35.5. The summed E-state index contributed by atoms with van der Waals surface area (Å²) < 4.78 is 3.54. The Labute approximate surface area is 165 Å². The first-order valence-corrected chi connectivity index (χ1v) is 9.77. The zero-order valence-electron chi connectivity index (χ0n) is 14.9. The largest absolute Gasteiger partial charge is 0.268 e. The second kappa shape index (κ2) is 6.87. The van der Waals surface area contributed by atoms with E-state index in [9.17, 15) is 4.79 Å². The molecule has 2 aromatic heterocycles. The summed E-state index contributed by atoms with van der Waals surface area (Å²) in [7, 11) is 0. The van der Waals surface area contributed by atoms with Crippen LogP contribution in [0.4, 0.5) is 0 Å². The molecule has 0 bridgehead atoms. The summed E-state index contributed by atoms with van der Waals surface area (Å²) in [5.41, 5.74) is 3.60. The number of rotatable bonds is 4. The maximum absolute atomic E-state index is 13.3. The molecule has 0 N–H and O–H groups in total. The van der Waals surface area contributed by atoms with E-state index in [1.54, 1.807) is 4.57 Å². The second-order valence-corrected chi connectivity index (χ2v) is 7.78. The maximum Gasteiger partial charge on any atom is 0.267 e. The third kappa shape index (κ3) is 2.95. The van der Waals surface area contributed by atoms with Gasteiger partial charge in [-0.15, -0.1) is 10.2 Å². The number of nitrogens with zero attached hydrogens (tertiary/aromatic N) is 4. The molecule has 0 saturated heterocycles. The van der Waals surface area contributed by atoms with Gasteiger partial charge in [-0.2, -0.15) is 0 Å². The summed E-state index contributed by atoms with van der Waals surface area (Å²) in [4.78, 5) is 13.3. The first kappa shape index (κ1) is 17.8. The van der Waals surface area contributed by atoms with E-state index in [-0.39, 0.29) is 5.56 Å². The van der Waals surface area contributed by atoms with E-state index >= 15 is 0 Å². The molecule has 0 aliphatic rings. The third-order valence-corrected chi connectivity index (χ3v) is 5.88. The molecule has 0 fully saturated rings. The molecule has 4 aromatic rings. The summed E-state index contributed by atoms with van der Waals surface area (Å²) in [6.45, 7) is 7.76. The SMILES string of the molecule is C=C(Cl)CSc1nnc2n(-c3cccc(C)c3C)c(=O)c3ccccc3n12. The number of halogens is 1. The van der Waals surface area contributed by atoms with Crippen LogP contribution in [0.25, 0.3) is 22.4 Å². The van der Waals surface area contributed by atoms with Crippen LogP contribution in [-0.4, -0.2) is 24.9 Å². The lowest BCUT2D eigenvalue weighted by Crippen LogP contribution is -2.22. The number of benzene rings is 2. The Hall–Kier alpha value is -2.57. The molecule has 7 heteroatoms. The van der Waals surface area contributed by atoms with Crippen molar-refractivity contribution in [3.8, 4) is 5.69 Å². The van der Waals surface area contributed by atoms with Crippen molar-refractivity contribution in [3.63, 3.8) is 0 Å². The number of fused-ring (bicyclic) bond motifs is 3. The molecule has 0 amide bonds. The molecular weight excluding hydrogens is 380 g/mol. The van der Waals surface area contributed by atoms with Crippen molar-refractivity contribution < 1.29 is 0 Å². The topological polar surface area (TPSA) is 52.2 Å². The van der Waals surface area contributed by atoms with Gasteiger partial charge in [-0.25, -0.2) is 4.57 Å². The highest BCUT2D eigenvalue weighted by molar-refractivity contribution is 7.99. The van der Waals surface area contributed by atoms with Gasteiger partial charge >= 0.3 is 0 Å². The standard InChI is InChI=1S/C20H17ClN4OS/c1-12-7-6-10-16(14(12)3)24-18(26)15-8-4-5-9-17(15)25-19(24)22-23-20(25)27-11-13(2)21/h4-10H,2,11H2,1,3H3. The summed E-state index contributed by atoms with van der Waals surface area (Å²) in [5, 5.41) is 10.5. The summed E-state index contributed by atoms with van der Waals surface area (Å²) >= 11 is 7.37. The molecule has 0 saturated carbocycles. The Kier molecular flexibility index (Phi) is 4.53. The molecule has 0 aliphatic heterocycles. The number of aromatic nitrogens is 4. The van der Waals surface area contributed by atoms with Crippen molar-refractivity contribution in [3.05, 3.63) is 75.6 Å². The molecule has 0 atom stereocenters. The number of para-hydroxylation sites is 1. The molecule has 136 valence electrons. The average Bonchev–Trinajstić information content (AvgIpc) is 3.07. The van der Waals surface area contributed by atoms with E-state index in [0.717, 1.165) is 22.3 Å². The van der Waals surface area contributed by atoms with Gasteiger partial charge < -0.3 is 0 Å². The summed E-state index contributed by atoms with van der Waals surface area (Å²) in [5.74, 6) is 0.995. The van der Waals surface area contributed by atoms with E-state index in [4.69, 9.17) is 11.6 Å². The molecule has 2 aromatic carbocycles. The monoisotopic (exact) mass is 396 g/mol. The van der Waals surface area contributed by atoms with Crippen molar-refractivity contribution in [2.75, 3.05) is 5.75 Å². The van der Waals surface area contributed by atoms with E-state index in [0.29, 0.717) is 27.1 Å². The number of hydrogen-bond acceptors (Lipinski definition) is 4. The highest BCUT2D eigenvalue weighted by Gasteiger charge is 2.19. The smallest absolute Gasteiger partial charge is 0.267 e. The molecule has 2 heterocycles. The first-order valence-electron chi connectivity index (χ1n) is 8.40. The van der Waals surface area contributed by atoms with Crippen LogP contribution in [-0.2, 0) is 0 Å². The van der Waals surface area contributed by atoms with Crippen molar-refractivity contribution in [2.45, 2.75) is 19.0 Å². The Morgan fingerprint density at radius 3 is 2.70 bits per heavy atom. The van der Waals surface area contributed by atoms with Crippen molar-refractivity contribution in [2.24, 2.45) is 0 Å². The Morgan fingerprint density at radius 2 is 1.93 bits per heavy atom. The van der Waals surface area contributed by atoms with Gasteiger partial charge in [0.05, 0.1) is 16.6 Å². The summed E-state index contributed by atoms with van der Waals surface area (Å²) in [6.07, 6.45) is 0. The Bertz CT molecular complexity index is 1260. The fourth-order valence-corrected chi connectivity index (χ4v) is 3.97. The van der Waals surface area contributed by atoms with Crippen molar-refractivity contribution in [1.82, 2.24) is 19.2 Å². The van der Waals surface area contributed by atoms with Crippen LogP contribution < -0.4 is 5.56 Å². The van der Waals surface area contributed by atoms with E-state index in [1.165, 1.54) is 11.8 Å². The fourth-order valence-electron chi connectivity index (χ4n) is 3.11. The van der Waals surface area contributed by atoms with Crippen LogP contribution in [0.15, 0.2) is 64.0 Å². The predicted octanol–water partition coefficient (Wildman–Crippen LogP) is 4.49. The van der Waals surface area contributed by atoms with Gasteiger partial charge in [0.2, 0.25) is 5.78 Å². The number of thioether (sulfide) groups is 1. The molecule has 27 heavy (non-hydrogen) atoms. The highest BCUT2D eigenvalue weighted by Crippen LogP contribution is 2.26. The fraction of sp³-hybridized carbons (Fsp3) is 0.150. The van der Waals surface area contributed by atoms with Gasteiger partial charge in [0, 0.05) is 10.8 Å². The maximum atomic E-state index is 13.3. The number of hydrogen-bond donors (Lipinski definition) is 0. The third-order valence-electron chi connectivity index (χ3n) is 4.57. The normalized spacial score (nSPS) is 11.4. The van der Waals surface area contributed by atoms with Crippen LogP contribution in [0.2, 0.25) is 0 Å². The van der Waals surface area contributed by atoms with Crippen LogP contribution in [0.5, 0.6) is 0 Å². The minimum atomic E-state index is -0.113. The predicted molar refractivity (Wildman–Crippen MR) is 111 cm³/mol. The average molecular weight is 397 g/mol. The Morgan fingerprint density at radius 1 is 1.15 bits per heavy atom. The minimum Gasteiger partial charge on any atom is -0.268 e. The van der Waals surface area contributed by atoms with E-state index in [1.807, 2.05) is 60.7 Å². The van der Waals surface area contributed by atoms with Crippen LogP contribution in [0.3, 0.4) is 0 Å². The lowest BCUT2D eigenvalue weighted by molar-refractivity contribution is 0.929. The molecule has 0 unspecified atom stereocenters. The van der Waals surface area contributed by atoms with Gasteiger partial charge in [-0.1, -0.05) is 54.2 Å². The van der Waals surface area contributed by atoms with Crippen LogP contribution >= 0.6 is 23.4 Å². The number of aryl methyl sites for hydroxylation is 1. The van der Waals surface area contributed by atoms with Crippen LogP contribution in [0.1, 0.15) is 11.1 Å². The first-order chi connectivity index (χ1) is 13.0. The van der Waals surface area contributed by atoms with Crippen molar-refractivity contribution in [1.29, 1.82) is 0 Å². The molecule has 4 rings (SSSR count). The van der Waals surface area contributed by atoms with Crippen LogP contribution in [0, 0.1) is 13.8 Å². The zero-order chi connectivity index (χ0) is 19.1. The van der Waals surface area contributed by atoms with E-state index in [2.05, 4.69) is 16.8 Å². The van der Waals surface area contributed by atoms with Crippen molar-refractivity contribution >= 4 is 40.0 Å². The van der Waals surface area contributed by atoms with Gasteiger partial charge in [-0.3, -0.25) is 9.20 Å². The van der Waals surface area contributed by atoms with Gasteiger partial charge in [0.1, 0.15) is 0 Å². The molecule has 0 radical (unpaired) electrons. The summed E-state index contributed by atoms with van der Waals surface area (Å²) in [6, 6.07) is 13.4. The van der Waals surface area contributed by atoms with Gasteiger partial charge in [0.25, 0.3) is 5.56 Å². The van der Waals surface area contributed by atoms with Gasteiger partial charge in [-0.05, 0) is 43.2 Å². The Balaban J connectivity index is 2.13. The van der Waals surface area contributed by atoms with E-state index < -0.39 is 0 Å². The lowest BCUT2D eigenvalue weighted by atomic mass is 10.1.